The number of benzene rings is 1. The molecule has 4 nitrogen and oxygen atoms in total. The highest BCUT2D eigenvalue weighted by Gasteiger charge is 2.18. The summed E-state index contributed by atoms with van der Waals surface area (Å²) in [7, 11) is 1.63. The Hall–Kier alpha value is -0.530. The summed E-state index contributed by atoms with van der Waals surface area (Å²) >= 11 is 11.1. The first-order valence-electron chi connectivity index (χ1n) is 6.38. The molecule has 114 valence electrons. The van der Waals surface area contributed by atoms with Crippen molar-refractivity contribution in [2.45, 2.75) is 17.5 Å². The number of aliphatic hydroxyl groups excluding tert-OH is 1. The van der Waals surface area contributed by atoms with E-state index < -0.39 is 6.10 Å². The van der Waals surface area contributed by atoms with E-state index >= 15 is 0 Å². The zero-order chi connectivity index (χ0) is 15.2. The van der Waals surface area contributed by atoms with Crippen LogP contribution in [0.25, 0.3) is 0 Å². The van der Waals surface area contributed by atoms with Crippen molar-refractivity contribution in [3.05, 3.63) is 45.7 Å². The second kappa shape index (κ2) is 8.19. The second-order valence-corrected chi connectivity index (χ2v) is 6.79. The van der Waals surface area contributed by atoms with Gasteiger partial charge in [-0.25, -0.2) is 0 Å². The number of methoxy groups -OCH3 is 1. The van der Waals surface area contributed by atoms with Crippen molar-refractivity contribution in [2.24, 2.45) is 0 Å². The van der Waals surface area contributed by atoms with Gasteiger partial charge < -0.3 is 9.84 Å². The highest BCUT2D eigenvalue weighted by molar-refractivity contribution is 9.10. The average Bonchev–Trinajstić information content (AvgIpc) is 2.83. The molecule has 2 rings (SSSR count). The van der Waals surface area contributed by atoms with Gasteiger partial charge in [0.2, 0.25) is 0 Å². The number of aliphatic hydroxyl groups is 1. The maximum Gasteiger partial charge on any atom is 0.106 e. The maximum atomic E-state index is 10.4. The van der Waals surface area contributed by atoms with Gasteiger partial charge in [0.1, 0.15) is 6.10 Å². The van der Waals surface area contributed by atoms with Crippen LogP contribution in [0.1, 0.15) is 11.8 Å². The Morgan fingerprint density at radius 3 is 3.05 bits per heavy atom. The zero-order valence-electron chi connectivity index (χ0n) is 11.5. The minimum absolute atomic E-state index is 0.480. The van der Waals surface area contributed by atoms with Crippen LogP contribution in [0.15, 0.2) is 39.8 Å². The molecule has 0 aliphatic carbocycles. The fourth-order valence-corrected chi connectivity index (χ4v) is 3.58. The van der Waals surface area contributed by atoms with Gasteiger partial charge in [0.15, 0.2) is 0 Å². The predicted octanol–water partition coefficient (Wildman–Crippen LogP) is 3.77. The SMILES string of the molecule is COCCn1ncc(Cl)c1C(O)CSc1cccc(Br)c1. The minimum atomic E-state index is -0.680. The van der Waals surface area contributed by atoms with Crippen LogP contribution < -0.4 is 0 Å². The van der Waals surface area contributed by atoms with Crippen molar-refractivity contribution in [1.82, 2.24) is 9.78 Å². The third kappa shape index (κ3) is 4.72. The Morgan fingerprint density at radius 1 is 1.52 bits per heavy atom. The van der Waals surface area contributed by atoms with Crippen LogP contribution in [0.5, 0.6) is 0 Å². The van der Waals surface area contributed by atoms with Crippen molar-refractivity contribution < 1.29 is 9.84 Å². The predicted molar refractivity (Wildman–Crippen MR) is 88.9 cm³/mol. The molecule has 1 atom stereocenters. The molecule has 0 saturated carbocycles. The summed E-state index contributed by atoms with van der Waals surface area (Å²) in [4.78, 5) is 1.09. The lowest BCUT2D eigenvalue weighted by molar-refractivity contribution is 0.166. The smallest absolute Gasteiger partial charge is 0.106 e. The van der Waals surface area contributed by atoms with Gasteiger partial charge in [0.05, 0.1) is 30.1 Å². The van der Waals surface area contributed by atoms with Crippen molar-refractivity contribution >= 4 is 39.3 Å². The summed E-state index contributed by atoms with van der Waals surface area (Å²) in [5.74, 6) is 0.509. The number of halogens is 2. The highest BCUT2D eigenvalue weighted by Crippen LogP contribution is 2.29. The summed E-state index contributed by atoms with van der Waals surface area (Å²) in [5.41, 5.74) is 0.635. The molecule has 0 amide bonds. The van der Waals surface area contributed by atoms with Crippen molar-refractivity contribution in [3.63, 3.8) is 0 Å². The topological polar surface area (TPSA) is 47.3 Å². The molecule has 21 heavy (non-hydrogen) atoms. The quantitative estimate of drug-likeness (QED) is 0.730. The molecular formula is C14H16BrClN2O2S. The number of ether oxygens (including phenoxy) is 1. The van der Waals surface area contributed by atoms with Gasteiger partial charge in [0, 0.05) is 22.2 Å². The van der Waals surface area contributed by atoms with Gasteiger partial charge in [-0.05, 0) is 18.2 Å². The Kier molecular flexibility index (Phi) is 6.57. The first-order chi connectivity index (χ1) is 10.1. The maximum absolute atomic E-state index is 10.4. The van der Waals surface area contributed by atoms with Gasteiger partial charge in [-0.2, -0.15) is 5.10 Å². The largest absolute Gasteiger partial charge is 0.386 e. The zero-order valence-corrected chi connectivity index (χ0v) is 14.7. The molecule has 0 saturated heterocycles. The van der Waals surface area contributed by atoms with E-state index in [1.165, 1.54) is 0 Å². The lowest BCUT2D eigenvalue weighted by Gasteiger charge is -2.14. The van der Waals surface area contributed by atoms with Crippen LogP contribution in [-0.2, 0) is 11.3 Å². The molecule has 0 bridgehead atoms. The molecule has 1 N–H and O–H groups in total. The summed E-state index contributed by atoms with van der Waals surface area (Å²) in [6.07, 6.45) is 0.875. The lowest BCUT2D eigenvalue weighted by Crippen LogP contribution is -2.14. The molecular weight excluding hydrogens is 376 g/mol. The first-order valence-corrected chi connectivity index (χ1v) is 8.54. The monoisotopic (exact) mass is 390 g/mol. The number of rotatable bonds is 7. The van der Waals surface area contributed by atoms with Gasteiger partial charge in [-0.1, -0.05) is 33.6 Å². The van der Waals surface area contributed by atoms with E-state index in [2.05, 4.69) is 21.0 Å². The Morgan fingerprint density at radius 2 is 2.33 bits per heavy atom. The van der Waals surface area contributed by atoms with Crippen LogP contribution >= 0.6 is 39.3 Å². The van der Waals surface area contributed by atoms with Crippen LogP contribution in [-0.4, -0.2) is 34.4 Å². The third-order valence-electron chi connectivity index (χ3n) is 2.86. The Bertz CT molecular complexity index is 594. The number of aromatic nitrogens is 2. The average molecular weight is 392 g/mol. The van der Waals surface area contributed by atoms with Crippen molar-refractivity contribution in [1.29, 1.82) is 0 Å². The summed E-state index contributed by atoms with van der Waals surface area (Å²) in [5, 5.41) is 15.0. The van der Waals surface area contributed by atoms with Crippen LogP contribution in [0.2, 0.25) is 5.02 Å². The molecule has 0 radical (unpaired) electrons. The number of thioether (sulfide) groups is 1. The molecule has 1 heterocycles. The molecule has 1 aromatic carbocycles. The van der Waals surface area contributed by atoms with Gasteiger partial charge in [-0.3, -0.25) is 4.68 Å². The van der Waals surface area contributed by atoms with E-state index in [-0.39, 0.29) is 0 Å². The fourth-order valence-electron chi connectivity index (χ4n) is 1.87. The molecule has 0 spiro atoms. The fraction of sp³-hybridized carbons (Fsp3) is 0.357. The summed E-state index contributed by atoms with van der Waals surface area (Å²) < 4.78 is 7.75. The summed E-state index contributed by atoms with van der Waals surface area (Å²) in [6, 6.07) is 7.96. The lowest BCUT2D eigenvalue weighted by atomic mass is 10.3. The molecule has 0 aliphatic heterocycles. The standard InChI is InChI=1S/C14H16BrClN2O2S/c1-20-6-5-18-14(12(16)8-17-18)13(19)9-21-11-4-2-3-10(15)7-11/h2-4,7-8,13,19H,5-6,9H2,1H3. The van der Waals surface area contributed by atoms with Crippen LogP contribution in [0, 0.1) is 0 Å². The summed E-state index contributed by atoms with van der Waals surface area (Å²) in [6.45, 7) is 1.09. The van der Waals surface area contributed by atoms with E-state index in [1.807, 2.05) is 24.3 Å². The molecule has 2 aromatic rings. The number of nitrogens with zero attached hydrogens (tertiary/aromatic N) is 2. The molecule has 7 heteroatoms. The second-order valence-electron chi connectivity index (χ2n) is 4.38. The van der Waals surface area contributed by atoms with Crippen LogP contribution in [0.3, 0.4) is 0 Å². The van der Waals surface area contributed by atoms with Gasteiger partial charge in [0.25, 0.3) is 0 Å². The van der Waals surface area contributed by atoms with Gasteiger partial charge in [-0.15, -0.1) is 11.8 Å². The van der Waals surface area contributed by atoms with E-state index in [1.54, 1.807) is 29.8 Å². The van der Waals surface area contributed by atoms with Crippen LogP contribution in [0.4, 0.5) is 0 Å². The van der Waals surface area contributed by atoms with E-state index in [9.17, 15) is 5.11 Å². The molecule has 0 fully saturated rings. The minimum Gasteiger partial charge on any atom is -0.386 e. The number of hydrogen-bond acceptors (Lipinski definition) is 4. The van der Waals surface area contributed by atoms with E-state index in [4.69, 9.17) is 16.3 Å². The first kappa shape index (κ1) is 16.8. The Labute approximate surface area is 141 Å². The third-order valence-corrected chi connectivity index (χ3v) is 4.71. The van der Waals surface area contributed by atoms with E-state index in [0.29, 0.717) is 29.6 Å². The van der Waals surface area contributed by atoms with Crippen molar-refractivity contribution in [3.8, 4) is 0 Å². The Balaban J connectivity index is 2.02. The molecule has 0 aliphatic rings. The van der Waals surface area contributed by atoms with Gasteiger partial charge >= 0.3 is 0 Å². The molecule has 1 unspecified atom stereocenters. The number of hydrogen-bond donors (Lipinski definition) is 1. The van der Waals surface area contributed by atoms with E-state index in [0.717, 1.165) is 9.37 Å². The molecule has 1 aromatic heterocycles. The highest BCUT2D eigenvalue weighted by atomic mass is 79.9. The van der Waals surface area contributed by atoms with Crippen molar-refractivity contribution in [2.75, 3.05) is 19.5 Å². The normalized spacial score (nSPS) is 12.6.